The average molecular weight is 428 g/mol. The van der Waals surface area contributed by atoms with Crippen LogP contribution in [0.1, 0.15) is 23.1 Å². The van der Waals surface area contributed by atoms with Gasteiger partial charge >= 0.3 is 0 Å². The molecule has 0 spiro atoms. The van der Waals surface area contributed by atoms with Gasteiger partial charge in [-0.25, -0.2) is 0 Å². The minimum Gasteiger partial charge on any atom is -0.361 e. The van der Waals surface area contributed by atoms with Crippen LogP contribution >= 0.6 is 22.6 Å². The van der Waals surface area contributed by atoms with Crippen molar-refractivity contribution in [2.75, 3.05) is 11.0 Å². The molecule has 0 fully saturated rings. The topological polar surface area (TPSA) is 9.23 Å². The van der Waals surface area contributed by atoms with Gasteiger partial charge in [0.05, 0.1) is 0 Å². The SMILES string of the molecule is ICCCOC(c1ccccc1)(c1ccccc1)c1ccccc1. The van der Waals surface area contributed by atoms with Crippen molar-refractivity contribution in [3.63, 3.8) is 0 Å². The van der Waals surface area contributed by atoms with E-state index < -0.39 is 5.60 Å². The number of alkyl halides is 1. The lowest BCUT2D eigenvalue weighted by molar-refractivity contribution is 0.0139. The predicted octanol–water partition coefficient (Wildman–Crippen LogP) is 5.82. The Morgan fingerprint density at radius 2 is 1.00 bits per heavy atom. The summed E-state index contributed by atoms with van der Waals surface area (Å²) in [6, 6.07) is 31.6. The molecule has 0 atom stereocenters. The quantitative estimate of drug-likeness (QED) is 0.199. The van der Waals surface area contributed by atoms with Gasteiger partial charge in [-0.2, -0.15) is 0 Å². The molecule has 0 unspecified atom stereocenters. The summed E-state index contributed by atoms with van der Waals surface area (Å²) in [7, 11) is 0. The van der Waals surface area contributed by atoms with Crippen molar-refractivity contribution in [1.29, 1.82) is 0 Å². The molecule has 0 bridgehead atoms. The van der Waals surface area contributed by atoms with Gasteiger partial charge in [0.2, 0.25) is 0 Å². The summed E-state index contributed by atoms with van der Waals surface area (Å²) >= 11 is 2.40. The van der Waals surface area contributed by atoms with E-state index in [1.165, 1.54) is 0 Å². The highest BCUT2D eigenvalue weighted by molar-refractivity contribution is 14.1. The van der Waals surface area contributed by atoms with Gasteiger partial charge < -0.3 is 4.74 Å². The minimum absolute atomic E-state index is 0.574. The molecule has 0 saturated heterocycles. The first-order valence-corrected chi connectivity index (χ1v) is 9.77. The van der Waals surface area contributed by atoms with Crippen LogP contribution in [-0.4, -0.2) is 11.0 Å². The van der Waals surface area contributed by atoms with Crippen LogP contribution in [0.25, 0.3) is 0 Å². The molecule has 0 aromatic heterocycles. The summed E-state index contributed by atoms with van der Waals surface area (Å²) < 4.78 is 7.71. The summed E-state index contributed by atoms with van der Waals surface area (Å²) in [5.41, 5.74) is 2.91. The highest BCUT2D eigenvalue weighted by atomic mass is 127. The first kappa shape index (κ1) is 17.2. The van der Waals surface area contributed by atoms with Gasteiger partial charge in [-0.05, 0) is 23.1 Å². The van der Waals surface area contributed by atoms with Gasteiger partial charge in [0.15, 0.2) is 0 Å². The summed E-state index contributed by atoms with van der Waals surface area (Å²) in [6.07, 6.45) is 1.04. The molecule has 0 aliphatic rings. The van der Waals surface area contributed by atoms with E-state index in [0.29, 0.717) is 0 Å². The number of hydrogen-bond acceptors (Lipinski definition) is 1. The van der Waals surface area contributed by atoms with Crippen molar-refractivity contribution in [2.45, 2.75) is 12.0 Å². The molecule has 3 aromatic carbocycles. The number of ether oxygens (including phenoxy) is 1. The summed E-state index contributed by atoms with van der Waals surface area (Å²) in [6.45, 7) is 0.724. The Kier molecular flexibility index (Phi) is 6.05. The fraction of sp³-hybridized carbons (Fsp3) is 0.182. The van der Waals surface area contributed by atoms with Crippen LogP contribution in [0.5, 0.6) is 0 Å². The zero-order valence-electron chi connectivity index (χ0n) is 13.6. The maximum Gasteiger partial charge on any atom is 0.143 e. The van der Waals surface area contributed by atoms with Crippen LogP contribution in [0.3, 0.4) is 0 Å². The lowest BCUT2D eigenvalue weighted by Crippen LogP contribution is -2.33. The smallest absolute Gasteiger partial charge is 0.143 e. The molecule has 3 aromatic rings. The Labute approximate surface area is 157 Å². The maximum atomic E-state index is 6.62. The Bertz CT molecular complexity index is 629. The van der Waals surface area contributed by atoms with Crippen molar-refractivity contribution in [3.8, 4) is 0 Å². The van der Waals surface area contributed by atoms with E-state index in [1.54, 1.807) is 0 Å². The molecule has 0 radical (unpaired) electrons. The van der Waals surface area contributed by atoms with Crippen LogP contribution < -0.4 is 0 Å². The first-order valence-electron chi connectivity index (χ1n) is 8.24. The molecule has 1 nitrogen and oxygen atoms in total. The second kappa shape index (κ2) is 8.45. The van der Waals surface area contributed by atoms with Crippen molar-refractivity contribution >= 4 is 22.6 Å². The fourth-order valence-electron chi connectivity index (χ4n) is 3.05. The molecule has 0 N–H and O–H groups in total. The second-order valence-corrected chi connectivity index (χ2v) is 6.75. The van der Waals surface area contributed by atoms with E-state index in [2.05, 4.69) is 114 Å². The largest absolute Gasteiger partial charge is 0.361 e. The zero-order chi connectivity index (χ0) is 16.7. The molecular weight excluding hydrogens is 407 g/mol. The summed E-state index contributed by atoms with van der Waals surface area (Å²) in [4.78, 5) is 0. The predicted molar refractivity (Wildman–Crippen MR) is 109 cm³/mol. The number of halogens is 1. The molecular formula is C22H21IO. The van der Waals surface area contributed by atoms with E-state index in [9.17, 15) is 0 Å². The van der Waals surface area contributed by atoms with Crippen molar-refractivity contribution in [3.05, 3.63) is 108 Å². The summed E-state index contributed by atoms with van der Waals surface area (Å²) in [5, 5.41) is 0. The fourth-order valence-corrected chi connectivity index (χ4v) is 3.36. The molecule has 0 amide bonds. The molecule has 24 heavy (non-hydrogen) atoms. The Hall–Kier alpha value is -1.65. The van der Waals surface area contributed by atoms with Crippen LogP contribution in [0, 0.1) is 0 Å². The van der Waals surface area contributed by atoms with E-state index in [0.717, 1.165) is 34.1 Å². The number of benzene rings is 3. The average Bonchev–Trinajstić information content (AvgIpc) is 2.68. The van der Waals surface area contributed by atoms with E-state index in [1.807, 2.05) is 0 Å². The standard InChI is InChI=1S/C22H21IO/c23-17-10-18-24-22(19-11-4-1-5-12-19,20-13-6-2-7-14-20)21-15-8-3-9-16-21/h1-9,11-16H,10,17-18H2. The van der Waals surface area contributed by atoms with E-state index in [-0.39, 0.29) is 0 Å². The van der Waals surface area contributed by atoms with Crippen molar-refractivity contribution in [1.82, 2.24) is 0 Å². The molecule has 122 valence electrons. The zero-order valence-corrected chi connectivity index (χ0v) is 15.7. The van der Waals surface area contributed by atoms with Gasteiger partial charge in [0.25, 0.3) is 0 Å². The highest BCUT2D eigenvalue weighted by Gasteiger charge is 2.37. The maximum absolute atomic E-state index is 6.62. The Balaban J connectivity index is 2.20. The van der Waals surface area contributed by atoms with Crippen molar-refractivity contribution in [2.24, 2.45) is 0 Å². The molecule has 0 saturated carbocycles. The van der Waals surface area contributed by atoms with Gasteiger partial charge in [0, 0.05) is 11.0 Å². The van der Waals surface area contributed by atoms with Gasteiger partial charge in [-0.15, -0.1) is 0 Å². The van der Waals surface area contributed by atoms with E-state index in [4.69, 9.17) is 4.74 Å². The lowest BCUT2D eigenvalue weighted by atomic mass is 9.80. The first-order chi connectivity index (χ1) is 11.9. The van der Waals surface area contributed by atoms with Gasteiger partial charge in [0.1, 0.15) is 5.60 Å². The second-order valence-electron chi connectivity index (χ2n) is 5.67. The van der Waals surface area contributed by atoms with Gasteiger partial charge in [-0.1, -0.05) is 114 Å². The normalized spacial score (nSPS) is 11.4. The molecule has 3 rings (SSSR count). The molecule has 0 aliphatic carbocycles. The van der Waals surface area contributed by atoms with Crippen LogP contribution in [-0.2, 0) is 10.3 Å². The lowest BCUT2D eigenvalue weighted by Gasteiger charge is -2.36. The minimum atomic E-state index is -0.574. The molecule has 0 aliphatic heterocycles. The third kappa shape index (κ3) is 3.55. The molecule has 0 heterocycles. The third-order valence-corrected chi connectivity index (χ3v) is 4.90. The Morgan fingerprint density at radius 1 is 0.625 bits per heavy atom. The number of rotatable bonds is 7. The van der Waals surface area contributed by atoms with E-state index >= 15 is 0 Å². The number of hydrogen-bond donors (Lipinski definition) is 0. The van der Waals surface area contributed by atoms with Crippen LogP contribution in [0.15, 0.2) is 91.0 Å². The van der Waals surface area contributed by atoms with Crippen LogP contribution in [0.2, 0.25) is 0 Å². The summed E-state index contributed by atoms with van der Waals surface area (Å²) in [5.74, 6) is 0. The third-order valence-electron chi connectivity index (χ3n) is 4.14. The monoisotopic (exact) mass is 428 g/mol. The molecule has 2 heteroatoms. The Morgan fingerprint density at radius 3 is 1.33 bits per heavy atom. The van der Waals surface area contributed by atoms with Crippen molar-refractivity contribution < 1.29 is 4.74 Å². The van der Waals surface area contributed by atoms with Crippen LogP contribution in [0.4, 0.5) is 0 Å². The highest BCUT2D eigenvalue weighted by Crippen LogP contribution is 2.40. The van der Waals surface area contributed by atoms with Gasteiger partial charge in [-0.3, -0.25) is 0 Å².